The monoisotopic (exact) mass is 461 g/mol. The van der Waals surface area contributed by atoms with Gasteiger partial charge in [0.1, 0.15) is 6.33 Å². The number of pyridine rings is 2. The second kappa shape index (κ2) is 8.44. The Balaban J connectivity index is 1.51. The van der Waals surface area contributed by atoms with Gasteiger partial charge in [-0.05, 0) is 49.4 Å². The van der Waals surface area contributed by atoms with Crippen LogP contribution in [0.3, 0.4) is 0 Å². The molecule has 10 heteroatoms. The quantitative estimate of drug-likeness (QED) is 0.422. The highest BCUT2D eigenvalue weighted by Gasteiger charge is 2.17. The van der Waals surface area contributed by atoms with Gasteiger partial charge in [0.15, 0.2) is 17.3 Å². The van der Waals surface area contributed by atoms with Gasteiger partial charge >= 0.3 is 0 Å². The number of halogens is 2. The van der Waals surface area contributed by atoms with Crippen molar-refractivity contribution in [1.82, 2.24) is 29.4 Å². The highest BCUT2D eigenvalue weighted by Crippen LogP contribution is 2.25. The van der Waals surface area contributed by atoms with Crippen LogP contribution in [0.25, 0.3) is 22.7 Å². The number of amides is 1. The van der Waals surface area contributed by atoms with Crippen LogP contribution in [0.2, 0.25) is 5.02 Å². The van der Waals surface area contributed by atoms with Gasteiger partial charge in [-0.2, -0.15) is 10.2 Å². The summed E-state index contributed by atoms with van der Waals surface area (Å²) in [5.74, 6) is -0.489. The minimum absolute atomic E-state index is 0.0177. The first-order valence-corrected chi connectivity index (χ1v) is 10.4. The zero-order valence-electron chi connectivity index (χ0n) is 17.4. The summed E-state index contributed by atoms with van der Waals surface area (Å²) in [5, 5.41) is 11.3. The third-order valence-corrected chi connectivity index (χ3v) is 5.28. The smallest absolute Gasteiger partial charge is 0.230 e. The van der Waals surface area contributed by atoms with Gasteiger partial charge in [-0.25, -0.2) is 23.6 Å². The topological polar surface area (TPSA) is 90.0 Å². The molecule has 4 heterocycles. The van der Waals surface area contributed by atoms with Crippen LogP contribution in [-0.2, 0) is 11.2 Å². The van der Waals surface area contributed by atoms with Crippen LogP contribution in [0.1, 0.15) is 11.4 Å². The Bertz CT molecular complexity index is 1490. The molecule has 0 aliphatic carbocycles. The van der Waals surface area contributed by atoms with Gasteiger partial charge < -0.3 is 5.32 Å². The Morgan fingerprint density at radius 1 is 1.15 bits per heavy atom. The lowest BCUT2D eigenvalue weighted by atomic mass is 10.1. The van der Waals surface area contributed by atoms with Crippen molar-refractivity contribution in [3.8, 4) is 17.1 Å². The lowest BCUT2D eigenvalue weighted by Crippen LogP contribution is -2.16. The van der Waals surface area contributed by atoms with Gasteiger partial charge in [-0.1, -0.05) is 23.7 Å². The van der Waals surface area contributed by atoms with Crippen LogP contribution in [0, 0.1) is 12.7 Å². The number of rotatable bonds is 5. The van der Waals surface area contributed by atoms with Crippen molar-refractivity contribution in [2.45, 2.75) is 13.3 Å². The molecule has 8 nitrogen and oxygen atoms in total. The second-order valence-corrected chi connectivity index (χ2v) is 7.78. The number of hydrogen-bond donors (Lipinski definition) is 1. The van der Waals surface area contributed by atoms with Gasteiger partial charge in [0.05, 0.1) is 28.5 Å². The number of fused-ring (bicyclic) bond motifs is 1. The molecule has 0 unspecified atom stereocenters. The first-order chi connectivity index (χ1) is 16.0. The maximum atomic E-state index is 14.2. The maximum absolute atomic E-state index is 14.2. The van der Waals surface area contributed by atoms with Crippen LogP contribution in [0.5, 0.6) is 0 Å². The fourth-order valence-corrected chi connectivity index (χ4v) is 3.65. The molecule has 0 atom stereocenters. The van der Waals surface area contributed by atoms with Gasteiger partial charge in [-0.15, -0.1) is 0 Å². The number of anilines is 1. The Hall–Kier alpha value is -4.11. The number of nitrogens with zero attached hydrogens (tertiary/aromatic N) is 6. The molecule has 5 aromatic rings. The molecule has 164 valence electrons. The van der Waals surface area contributed by atoms with E-state index in [0.717, 1.165) is 17.0 Å². The van der Waals surface area contributed by atoms with Crippen LogP contribution in [0.15, 0.2) is 67.1 Å². The van der Waals surface area contributed by atoms with Gasteiger partial charge in [0, 0.05) is 17.5 Å². The van der Waals surface area contributed by atoms with E-state index in [9.17, 15) is 9.18 Å². The third kappa shape index (κ3) is 4.18. The van der Waals surface area contributed by atoms with Crippen molar-refractivity contribution in [2.75, 3.05) is 5.32 Å². The standard InChI is InChI=1S/C23H17ClFN7O/c1-14-4-2-7-21(28-14)32-19(15-8-9-20-26-13-27-31(20)12-15)10-16(30-32)11-22(33)29-18-6-3-5-17(24)23(18)25/h2-10,12-13H,11H2,1H3,(H,29,33). The summed E-state index contributed by atoms with van der Waals surface area (Å²) in [6.45, 7) is 1.89. The highest BCUT2D eigenvalue weighted by molar-refractivity contribution is 6.31. The zero-order valence-corrected chi connectivity index (χ0v) is 18.2. The minimum atomic E-state index is -0.677. The van der Waals surface area contributed by atoms with Crippen molar-refractivity contribution in [3.05, 3.63) is 89.3 Å². The molecule has 0 aliphatic heterocycles. The Morgan fingerprint density at radius 2 is 2.00 bits per heavy atom. The molecule has 5 rings (SSSR count). The predicted octanol–water partition coefficient (Wildman–Crippen LogP) is 4.26. The number of carbonyl (C=O) groups is 1. The summed E-state index contributed by atoms with van der Waals surface area (Å²) in [5.41, 5.74) is 3.59. The Labute approximate surface area is 192 Å². The molecule has 4 aromatic heterocycles. The van der Waals surface area contributed by atoms with E-state index >= 15 is 0 Å². The average molecular weight is 462 g/mol. The van der Waals surface area contributed by atoms with Crippen LogP contribution >= 0.6 is 11.6 Å². The molecular formula is C23H17ClFN7O. The van der Waals surface area contributed by atoms with Crippen molar-refractivity contribution >= 4 is 28.8 Å². The predicted molar refractivity (Wildman–Crippen MR) is 122 cm³/mol. The molecule has 0 saturated carbocycles. The molecule has 0 saturated heterocycles. The lowest BCUT2D eigenvalue weighted by molar-refractivity contribution is -0.115. The Kier molecular flexibility index (Phi) is 5.31. The molecule has 1 N–H and O–H groups in total. The first-order valence-electron chi connectivity index (χ1n) is 10.0. The number of carbonyl (C=O) groups excluding carboxylic acids is 1. The Morgan fingerprint density at radius 3 is 2.85 bits per heavy atom. The molecule has 0 bridgehead atoms. The fourth-order valence-electron chi connectivity index (χ4n) is 3.47. The number of aryl methyl sites for hydroxylation is 1. The van der Waals surface area contributed by atoms with E-state index in [1.54, 1.807) is 21.3 Å². The normalized spacial score (nSPS) is 11.1. The summed E-state index contributed by atoms with van der Waals surface area (Å²) in [6, 6.07) is 15.6. The van der Waals surface area contributed by atoms with Gasteiger partial charge in [0.2, 0.25) is 5.91 Å². The van der Waals surface area contributed by atoms with E-state index in [2.05, 4.69) is 25.5 Å². The molecule has 0 fully saturated rings. The summed E-state index contributed by atoms with van der Waals surface area (Å²) in [6.07, 6.45) is 3.24. The van der Waals surface area contributed by atoms with E-state index in [1.165, 1.54) is 18.5 Å². The molecule has 33 heavy (non-hydrogen) atoms. The molecule has 0 spiro atoms. The molecule has 1 aromatic carbocycles. The SMILES string of the molecule is Cc1cccc(-n2nc(CC(=O)Nc3cccc(Cl)c3F)cc2-c2ccc3ncnn3c2)n1. The van der Waals surface area contributed by atoms with Gasteiger partial charge in [-0.3, -0.25) is 4.79 Å². The number of nitrogens with one attached hydrogen (secondary N) is 1. The van der Waals surface area contributed by atoms with E-state index in [0.29, 0.717) is 17.2 Å². The van der Waals surface area contributed by atoms with E-state index in [1.807, 2.05) is 43.5 Å². The van der Waals surface area contributed by atoms with Gasteiger partial charge in [0.25, 0.3) is 0 Å². The van der Waals surface area contributed by atoms with Crippen molar-refractivity contribution in [3.63, 3.8) is 0 Å². The van der Waals surface area contributed by atoms with Crippen molar-refractivity contribution in [1.29, 1.82) is 0 Å². The number of benzene rings is 1. The minimum Gasteiger partial charge on any atom is -0.323 e. The van der Waals surface area contributed by atoms with Crippen LogP contribution in [0.4, 0.5) is 10.1 Å². The first kappa shape index (κ1) is 20.8. The molecular weight excluding hydrogens is 445 g/mol. The molecule has 0 radical (unpaired) electrons. The van der Waals surface area contributed by atoms with E-state index < -0.39 is 11.7 Å². The fraction of sp³-hybridized carbons (Fsp3) is 0.0870. The molecule has 1 amide bonds. The second-order valence-electron chi connectivity index (χ2n) is 7.38. The average Bonchev–Trinajstić information content (AvgIpc) is 3.43. The van der Waals surface area contributed by atoms with Crippen molar-refractivity contribution < 1.29 is 9.18 Å². The van der Waals surface area contributed by atoms with Crippen LogP contribution in [-0.4, -0.2) is 35.3 Å². The van der Waals surface area contributed by atoms with E-state index in [-0.39, 0.29) is 17.1 Å². The number of hydrogen-bond acceptors (Lipinski definition) is 5. The molecule has 0 aliphatic rings. The highest BCUT2D eigenvalue weighted by atomic mass is 35.5. The lowest BCUT2D eigenvalue weighted by Gasteiger charge is -2.07. The summed E-state index contributed by atoms with van der Waals surface area (Å²) in [4.78, 5) is 21.4. The summed E-state index contributed by atoms with van der Waals surface area (Å²) < 4.78 is 17.5. The zero-order chi connectivity index (χ0) is 22.9. The third-order valence-electron chi connectivity index (χ3n) is 4.99. The van der Waals surface area contributed by atoms with E-state index in [4.69, 9.17) is 11.6 Å². The summed E-state index contributed by atoms with van der Waals surface area (Å²) in [7, 11) is 0. The summed E-state index contributed by atoms with van der Waals surface area (Å²) >= 11 is 5.80. The largest absolute Gasteiger partial charge is 0.323 e. The van der Waals surface area contributed by atoms with Crippen LogP contribution < -0.4 is 5.32 Å². The maximum Gasteiger partial charge on any atom is 0.230 e. The van der Waals surface area contributed by atoms with Crippen molar-refractivity contribution in [2.24, 2.45) is 0 Å². The number of aromatic nitrogens is 6.